The minimum Gasteiger partial charge on any atom is -0.144 e. The van der Waals surface area contributed by atoms with Crippen LogP contribution in [0.15, 0.2) is 23.6 Å². The van der Waals surface area contributed by atoms with Crippen LogP contribution in [0.25, 0.3) is 10.1 Å². The van der Waals surface area contributed by atoms with Gasteiger partial charge in [0.2, 0.25) is 0 Å². The zero-order chi connectivity index (χ0) is 10.6. The van der Waals surface area contributed by atoms with E-state index >= 15 is 0 Å². The van der Waals surface area contributed by atoms with Crippen molar-refractivity contribution in [3.8, 4) is 0 Å². The normalized spacial score (nSPS) is 9.71. The van der Waals surface area contributed by atoms with Gasteiger partial charge in [0.1, 0.15) is 0 Å². The molecule has 0 saturated carbocycles. The summed E-state index contributed by atoms with van der Waals surface area (Å²) in [5, 5.41) is 3.62. The molecule has 1 aromatic heterocycles. The van der Waals surface area contributed by atoms with E-state index in [1.165, 1.54) is 27.6 Å². The number of thiophene rings is 1. The van der Waals surface area contributed by atoms with Gasteiger partial charge in [0.05, 0.1) is 0 Å². The maximum absolute atomic E-state index is 2.25. The SMILES string of the molecule is CCC.Cc1ccc2scc(C)c2c1. The van der Waals surface area contributed by atoms with Crippen molar-refractivity contribution in [3.63, 3.8) is 0 Å². The van der Waals surface area contributed by atoms with Gasteiger partial charge in [0, 0.05) is 4.70 Å². The van der Waals surface area contributed by atoms with Crippen molar-refractivity contribution in [2.24, 2.45) is 0 Å². The van der Waals surface area contributed by atoms with Crippen LogP contribution in [0.2, 0.25) is 0 Å². The topological polar surface area (TPSA) is 0 Å². The van der Waals surface area contributed by atoms with E-state index in [0.717, 1.165) is 0 Å². The first-order valence-electron chi connectivity index (χ1n) is 5.13. The minimum absolute atomic E-state index is 1.25. The molecule has 0 saturated heterocycles. The lowest BCUT2D eigenvalue weighted by molar-refractivity contribution is 1.09. The van der Waals surface area contributed by atoms with E-state index in [-0.39, 0.29) is 0 Å². The third-order valence-electron chi connectivity index (χ3n) is 1.92. The fourth-order valence-corrected chi connectivity index (χ4v) is 2.19. The fourth-order valence-electron chi connectivity index (χ4n) is 1.27. The molecule has 0 radical (unpaired) electrons. The Morgan fingerprint density at radius 3 is 2.43 bits per heavy atom. The number of rotatable bonds is 0. The Morgan fingerprint density at radius 1 is 1.14 bits per heavy atom. The van der Waals surface area contributed by atoms with Crippen LogP contribution in [-0.4, -0.2) is 0 Å². The van der Waals surface area contributed by atoms with Crippen molar-refractivity contribution in [2.75, 3.05) is 0 Å². The van der Waals surface area contributed by atoms with Crippen LogP contribution >= 0.6 is 11.3 Å². The molecule has 0 unspecified atom stereocenters. The van der Waals surface area contributed by atoms with Crippen molar-refractivity contribution >= 4 is 21.4 Å². The second kappa shape index (κ2) is 5.16. The Hall–Kier alpha value is -0.820. The molecule has 0 N–H and O–H groups in total. The molecule has 0 amide bonds. The fraction of sp³-hybridized carbons (Fsp3) is 0.385. The van der Waals surface area contributed by atoms with Crippen molar-refractivity contribution in [1.82, 2.24) is 0 Å². The molecule has 0 bridgehead atoms. The van der Waals surface area contributed by atoms with Crippen molar-refractivity contribution < 1.29 is 0 Å². The lowest BCUT2D eigenvalue weighted by Crippen LogP contribution is -1.70. The second-order valence-electron chi connectivity index (χ2n) is 3.63. The summed E-state index contributed by atoms with van der Waals surface area (Å²) in [6.45, 7) is 8.55. The summed E-state index contributed by atoms with van der Waals surface area (Å²) in [7, 11) is 0. The highest BCUT2D eigenvalue weighted by molar-refractivity contribution is 7.17. The highest BCUT2D eigenvalue weighted by Gasteiger charge is 1.97. The molecule has 76 valence electrons. The average Bonchev–Trinajstić information content (AvgIpc) is 2.49. The summed E-state index contributed by atoms with van der Waals surface area (Å²) in [5.74, 6) is 0. The van der Waals surface area contributed by atoms with Crippen molar-refractivity contribution in [3.05, 3.63) is 34.7 Å². The van der Waals surface area contributed by atoms with Gasteiger partial charge in [-0.2, -0.15) is 0 Å². The molecule has 2 aromatic rings. The Labute approximate surface area is 90.6 Å². The van der Waals surface area contributed by atoms with Crippen LogP contribution < -0.4 is 0 Å². The predicted molar refractivity (Wildman–Crippen MR) is 67.3 cm³/mol. The van der Waals surface area contributed by atoms with Crippen LogP contribution in [0, 0.1) is 13.8 Å². The van der Waals surface area contributed by atoms with E-state index in [4.69, 9.17) is 0 Å². The van der Waals surface area contributed by atoms with Gasteiger partial charge in [0.25, 0.3) is 0 Å². The maximum Gasteiger partial charge on any atom is 0.0345 e. The van der Waals surface area contributed by atoms with Gasteiger partial charge in [-0.05, 0) is 36.2 Å². The predicted octanol–water partition coefficient (Wildman–Crippen LogP) is 4.93. The Balaban J connectivity index is 0.000000293. The van der Waals surface area contributed by atoms with Gasteiger partial charge >= 0.3 is 0 Å². The molecule has 0 fully saturated rings. The number of hydrogen-bond donors (Lipinski definition) is 0. The van der Waals surface area contributed by atoms with E-state index in [0.29, 0.717) is 0 Å². The molecule has 1 aromatic carbocycles. The Bertz CT molecular complexity index is 399. The number of benzene rings is 1. The monoisotopic (exact) mass is 206 g/mol. The van der Waals surface area contributed by atoms with E-state index in [2.05, 4.69) is 51.3 Å². The quantitative estimate of drug-likeness (QED) is 0.573. The molecule has 1 heteroatoms. The zero-order valence-corrected chi connectivity index (χ0v) is 10.2. The summed E-state index contributed by atoms with van der Waals surface area (Å²) in [4.78, 5) is 0. The third-order valence-corrected chi connectivity index (χ3v) is 3.00. The molecule has 2 rings (SSSR count). The Morgan fingerprint density at radius 2 is 1.79 bits per heavy atom. The van der Waals surface area contributed by atoms with Gasteiger partial charge in [0.15, 0.2) is 0 Å². The van der Waals surface area contributed by atoms with Crippen molar-refractivity contribution in [1.29, 1.82) is 0 Å². The third kappa shape index (κ3) is 2.58. The summed E-state index contributed by atoms with van der Waals surface area (Å²) >= 11 is 1.82. The number of aryl methyl sites for hydroxylation is 2. The van der Waals surface area contributed by atoms with E-state index < -0.39 is 0 Å². The second-order valence-corrected chi connectivity index (χ2v) is 4.54. The number of hydrogen-bond acceptors (Lipinski definition) is 1. The highest BCUT2D eigenvalue weighted by atomic mass is 32.1. The van der Waals surface area contributed by atoms with Gasteiger partial charge in [-0.1, -0.05) is 38.0 Å². The van der Waals surface area contributed by atoms with Crippen LogP contribution in [0.1, 0.15) is 31.4 Å². The smallest absolute Gasteiger partial charge is 0.0345 e. The molecule has 1 heterocycles. The first-order chi connectivity index (χ1) is 6.69. The molecule has 0 nitrogen and oxygen atoms in total. The van der Waals surface area contributed by atoms with Gasteiger partial charge < -0.3 is 0 Å². The van der Waals surface area contributed by atoms with Crippen molar-refractivity contribution in [2.45, 2.75) is 34.1 Å². The molecular formula is C13H18S. The summed E-state index contributed by atoms with van der Waals surface area (Å²) in [6, 6.07) is 6.61. The standard InChI is InChI=1S/C10H10S.C3H8/c1-7-3-4-10-9(5-7)8(2)6-11-10;1-3-2/h3-6H,1-2H3;3H2,1-2H3. The van der Waals surface area contributed by atoms with Crippen LogP contribution in [0.5, 0.6) is 0 Å². The van der Waals surface area contributed by atoms with E-state index in [9.17, 15) is 0 Å². The number of fused-ring (bicyclic) bond motifs is 1. The van der Waals surface area contributed by atoms with Gasteiger partial charge in [-0.3, -0.25) is 0 Å². The van der Waals surface area contributed by atoms with Gasteiger partial charge in [-0.25, -0.2) is 0 Å². The summed E-state index contributed by atoms with van der Waals surface area (Å²) in [6.07, 6.45) is 1.25. The average molecular weight is 206 g/mol. The zero-order valence-electron chi connectivity index (χ0n) is 9.42. The summed E-state index contributed by atoms with van der Waals surface area (Å²) in [5.41, 5.74) is 2.74. The molecule has 0 aliphatic heterocycles. The lowest BCUT2D eigenvalue weighted by atomic mass is 10.1. The first kappa shape index (κ1) is 11.3. The van der Waals surface area contributed by atoms with Gasteiger partial charge in [-0.15, -0.1) is 11.3 Å². The summed E-state index contributed by atoms with van der Waals surface area (Å²) < 4.78 is 1.40. The maximum atomic E-state index is 2.25. The molecule has 14 heavy (non-hydrogen) atoms. The Kier molecular flexibility index (Phi) is 4.15. The van der Waals surface area contributed by atoms with E-state index in [1.807, 2.05) is 11.3 Å². The van der Waals surface area contributed by atoms with Crippen LogP contribution in [-0.2, 0) is 0 Å². The highest BCUT2D eigenvalue weighted by Crippen LogP contribution is 2.25. The first-order valence-corrected chi connectivity index (χ1v) is 6.01. The molecule has 0 aliphatic rings. The molecule has 0 aliphatic carbocycles. The van der Waals surface area contributed by atoms with Crippen LogP contribution in [0.4, 0.5) is 0 Å². The minimum atomic E-state index is 1.25. The van der Waals surface area contributed by atoms with E-state index in [1.54, 1.807) is 0 Å². The largest absolute Gasteiger partial charge is 0.144 e. The molecular weight excluding hydrogens is 188 g/mol. The molecule has 0 atom stereocenters. The lowest BCUT2D eigenvalue weighted by Gasteiger charge is -1.92. The molecule has 0 spiro atoms. The van der Waals surface area contributed by atoms with Crippen LogP contribution in [0.3, 0.4) is 0 Å².